The van der Waals surface area contributed by atoms with E-state index in [1.807, 2.05) is 37.3 Å². The van der Waals surface area contributed by atoms with Crippen molar-refractivity contribution < 1.29 is 9.22 Å². The molecule has 1 aromatic heterocycles. The van der Waals surface area contributed by atoms with Gasteiger partial charge in [-0.15, -0.1) is 0 Å². The normalized spacial score (nSPS) is 12.2. The molecule has 2 rings (SSSR count). The molecule has 0 aliphatic heterocycles. The lowest BCUT2D eigenvalue weighted by Gasteiger charge is -2.36. The van der Waals surface area contributed by atoms with E-state index in [-0.39, 0.29) is 10.8 Å². The van der Waals surface area contributed by atoms with E-state index >= 15 is 0 Å². The van der Waals surface area contributed by atoms with Crippen molar-refractivity contribution >= 4 is 14.1 Å². The van der Waals surface area contributed by atoms with E-state index < -0.39 is 8.32 Å². The number of Topliss-reactive ketones (excluding diaryl/α,β-unsaturated/α-hetero) is 1. The molecular formula is C23H33NO2Si. The molecule has 0 radical (unpaired) electrons. The predicted octanol–water partition coefficient (Wildman–Crippen LogP) is 5.77. The van der Waals surface area contributed by atoms with Crippen LogP contribution in [0.2, 0.25) is 18.1 Å². The highest BCUT2D eigenvalue weighted by molar-refractivity contribution is 6.74. The number of benzene rings is 1. The largest absolute Gasteiger partial charge is 0.417 e. The first kappa shape index (κ1) is 21.5. The Morgan fingerprint density at radius 1 is 1.11 bits per heavy atom. The molecule has 0 atom stereocenters. The molecule has 0 saturated heterocycles. The summed E-state index contributed by atoms with van der Waals surface area (Å²) in [5.74, 6) is 0.137. The second kappa shape index (κ2) is 8.94. The van der Waals surface area contributed by atoms with Gasteiger partial charge in [0.05, 0.1) is 0 Å². The molecule has 0 aliphatic carbocycles. The van der Waals surface area contributed by atoms with Gasteiger partial charge in [0.2, 0.25) is 0 Å². The van der Waals surface area contributed by atoms with Crippen LogP contribution in [0.1, 0.15) is 54.2 Å². The van der Waals surface area contributed by atoms with E-state index in [0.29, 0.717) is 6.42 Å². The quantitative estimate of drug-likeness (QED) is 0.330. The minimum absolute atomic E-state index is 0.137. The minimum atomic E-state index is -1.72. The summed E-state index contributed by atoms with van der Waals surface area (Å²) < 4.78 is 6.27. The van der Waals surface area contributed by atoms with Gasteiger partial charge < -0.3 is 4.43 Å². The molecule has 27 heavy (non-hydrogen) atoms. The number of aromatic nitrogens is 1. The van der Waals surface area contributed by atoms with Crippen LogP contribution >= 0.6 is 0 Å². The van der Waals surface area contributed by atoms with Crippen molar-refractivity contribution in [3.63, 3.8) is 0 Å². The fourth-order valence-corrected chi connectivity index (χ4v) is 3.86. The number of hydrogen-bond acceptors (Lipinski definition) is 3. The number of pyridine rings is 1. The molecule has 146 valence electrons. The highest BCUT2D eigenvalue weighted by Crippen LogP contribution is 2.36. The van der Waals surface area contributed by atoms with Crippen LogP contribution < -0.4 is 0 Å². The summed E-state index contributed by atoms with van der Waals surface area (Å²) in [5.41, 5.74) is 4.05. The average molecular weight is 384 g/mol. The Labute approximate surface area is 165 Å². The lowest BCUT2D eigenvalue weighted by Crippen LogP contribution is -2.41. The maximum atomic E-state index is 12.8. The summed E-state index contributed by atoms with van der Waals surface area (Å²) in [5, 5.41) is 0.221. The molecule has 1 aromatic carbocycles. The van der Waals surface area contributed by atoms with Crippen LogP contribution in [-0.4, -0.2) is 25.7 Å². The molecule has 0 N–H and O–H groups in total. The maximum absolute atomic E-state index is 12.8. The number of aryl methyl sites for hydroxylation is 2. The molecule has 1 heterocycles. The van der Waals surface area contributed by atoms with Gasteiger partial charge in [0, 0.05) is 31.0 Å². The molecule has 0 fully saturated rings. The molecule has 4 heteroatoms. The third kappa shape index (κ3) is 5.85. The number of rotatable bonds is 8. The Bertz CT molecular complexity index is 778. The molecule has 0 unspecified atom stereocenters. The first-order valence-corrected chi connectivity index (χ1v) is 12.7. The Hall–Kier alpha value is -1.78. The third-order valence-electron chi connectivity index (χ3n) is 5.68. The highest BCUT2D eigenvalue weighted by Gasteiger charge is 2.36. The highest BCUT2D eigenvalue weighted by atomic mass is 28.4. The van der Waals surface area contributed by atoms with Gasteiger partial charge in [0.1, 0.15) is 0 Å². The summed E-state index contributed by atoms with van der Waals surface area (Å²) >= 11 is 0. The van der Waals surface area contributed by atoms with Crippen LogP contribution in [0.15, 0.2) is 42.7 Å². The van der Waals surface area contributed by atoms with E-state index in [0.717, 1.165) is 41.7 Å². The molecule has 0 amide bonds. The molecule has 0 saturated carbocycles. The fraction of sp³-hybridized carbons (Fsp3) is 0.478. The zero-order valence-corrected chi connectivity index (χ0v) is 18.6. The van der Waals surface area contributed by atoms with Crippen LogP contribution in [0.25, 0.3) is 0 Å². The maximum Gasteiger partial charge on any atom is 0.191 e. The topological polar surface area (TPSA) is 39.2 Å². The van der Waals surface area contributed by atoms with E-state index in [9.17, 15) is 4.79 Å². The van der Waals surface area contributed by atoms with Crippen molar-refractivity contribution in [2.24, 2.45) is 0 Å². The lowest BCUT2D eigenvalue weighted by molar-refractivity contribution is 0.0991. The van der Waals surface area contributed by atoms with Crippen LogP contribution in [-0.2, 0) is 17.3 Å². The Morgan fingerprint density at radius 2 is 1.81 bits per heavy atom. The number of carbonyl (C=O) groups is 1. The van der Waals surface area contributed by atoms with Crippen LogP contribution in [0.4, 0.5) is 0 Å². The second-order valence-electron chi connectivity index (χ2n) is 8.77. The summed E-state index contributed by atoms with van der Waals surface area (Å²) in [4.78, 5) is 17.0. The van der Waals surface area contributed by atoms with Gasteiger partial charge in [-0.25, -0.2) is 0 Å². The summed E-state index contributed by atoms with van der Waals surface area (Å²) in [6.45, 7) is 14.1. The first-order valence-electron chi connectivity index (χ1n) is 9.76. The summed E-state index contributed by atoms with van der Waals surface area (Å²) in [7, 11) is -1.72. The smallest absolute Gasteiger partial charge is 0.191 e. The van der Waals surface area contributed by atoms with Gasteiger partial charge in [0.15, 0.2) is 14.1 Å². The van der Waals surface area contributed by atoms with Crippen LogP contribution in [0, 0.1) is 6.92 Å². The van der Waals surface area contributed by atoms with Crippen molar-refractivity contribution in [1.29, 1.82) is 0 Å². The number of ketones is 1. The Balaban J connectivity index is 1.99. The average Bonchev–Trinajstić information content (AvgIpc) is 2.60. The standard InChI is InChI=1S/C23H33NO2Si/c1-18-10-7-8-11-20(18)16-22(25)21-17-24-14-13-19(21)12-9-15-26-27(5,6)23(2,3)4/h7-8,10-11,13-14,17H,9,12,15-16H2,1-6H3. The molecule has 0 bridgehead atoms. The van der Waals surface area contributed by atoms with Crippen molar-refractivity contribution in [3.8, 4) is 0 Å². The molecule has 3 nitrogen and oxygen atoms in total. The predicted molar refractivity (Wildman–Crippen MR) is 115 cm³/mol. The van der Waals surface area contributed by atoms with Crippen LogP contribution in [0.3, 0.4) is 0 Å². The van der Waals surface area contributed by atoms with E-state index in [4.69, 9.17) is 4.43 Å². The van der Waals surface area contributed by atoms with E-state index in [1.54, 1.807) is 12.4 Å². The van der Waals surface area contributed by atoms with Gasteiger partial charge in [0.25, 0.3) is 0 Å². The van der Waals surface area contributed by atoms with Crippen molar-refractivity contribution in [3.05, 3.63) is 65.0 Å². The van der Waals surface area contributed by atoms with Crippen LogP contribution in [0.5, 0.6) is 0 Å². The number of hydrogen-bond donors (Lipinski definition) is 0. The van der Waals surface area contributed by atoms with Gasteiger partial charge in [-0.2, -0.15) is 0 Å². The Kier molecular flexibility index (Phi) is 7.12. The lowest BCUT2D eigenvalue weighted by atomic mass is 9.96. The van der Waals surface area contributed by atoms with Gasteiger partial charge in [-0.3, -0.25) is 9.78 Å². The summed E-state index contributed by atoms with van der Waals surface area (Å²) in [6.07, 6.45) is 5.66. The molecule has 0 spiro atoms. The summed E-state index contributed by atoms with van der Waals surface area (Å²) in [6, 6.07) is 10.0. The molecule has 0 aliphatic rings. The zero-order chi connectivity index (χ0) is 20.1. The fourth-order valence-electron chi connectivity index (χ4n) is 2.78. The first-order chi connectivity index (χ1) is 12.6. The molecular weight excluding hydrogens is 350 g/mol. The van der Waals surface area contributed by atoms with Crippen molar-refractivity contribution in [2.45, 2.75) is 65.1 Å². The Morgan fingerprint density at radius 3 is 2.48 bits per heavy atom. The minimum Gasteiger partial charge on any atom is -0.417 e. The monoisotopic (exact) mass is 383 g/mol. The third-order valence-corrected chi connectivity index (χ3v) is 10.2. The SMILES string of the molecule is Cc1ccccc1CC(=O)c1cnccc1CCCO[Si](C)(C)C(C)(C)C. The van der Waals surface area contributed by atoms with Gasteiger partial charge in [-0.05, 0) is 60.7 Å². The second-order valence-corrected chi connectivity index (χ2v) is 13.6. The van der Waals surface area contributed by atoms with E-state index in [1.165, 1.54) is 0 Å². The van der Waals surface area contributed by atoms with Gasteiger partial charge >= 0.3 is 0 Å². The number of carbonyl (C=O) groups excluding carboxylic acids is 1. The van der Waals surface area contributed by atoms with E-state index in [2.05, 4.69) is 38.8 Å². The number of nitrogens with zero attached hydrogens (tertiary/aromatic N) is 1. The van der Waals surface area contributed by atoms with Crippen molar-refractivity contribution in [1.82, 2.24) is 4.98 Å². The van der Waals surface area contributed by atoms with Gasteiger partial charge in [-0.1, -0.05) is 45.0 Å². The molecule has 2 aromatic rings. The zero-order valence-electron chi connectivity index (χ0n) is 17.6. The van der Waals surface area contributed by atoms with Crippen molar-refractivity contribution in [2.75, 3.05) is 6.61 Å².